The summed E-state index contributed by atoms with van der Waals surface area (Å²) in [5.74, 6) is 0. The van der Waals surface area contributed by atoms with Gasteiger partial charge in [-0.3, -0.25) is 0 Å². The van der Waals surface area contributed by atoms with Gasteiger partial charge in [-0.05, 0) is 0 Å². The molecule has 0 nitrogen and oxygen atoms in total. The second-order valence-corrected chi connectivity index (χ2v) is 18.0. The summed E-state index contributed by atoms with van der Waals surface area (Å²) in [7, 11) is -1.04. The summed E-state index contributed by atoms with van der Waals surface area (Å²) in [5.41, 5.74) is 0. The molecule has 0 saturated heterocycles. The van der Waals surface area contributed by atoms with Crippen molar-refractivity contribution in [2.24, 2.45) is 0 Å². The maximum atomic E-state index is 2.57. The normalized spacial score (nSPS) is 13.1. The van der Waals surface area contributed by atoms with Crippen molar-refractivity contribution in [3.63, 3.8) is 0 Å². The number of hydrogen-bond donors (Lipinski definition) is 0. The molecule has 1 aromatic rings. The maximum absolute atomic E-state index is 2.57. The minimum absolute atomic E-state index is 0.670. The summed E-state index contributed by atoms with van der Waals surface area (Å²) in [5, 5.41) is 0. The minimum atomic E-state index is -1.04. The summed E-state index contributed by atoms with van der Waals surface area (Å²) >= 11 is 0.670. The predicted molar refractivity (Wildman–Crippen MR) is 125 cm³/mol. The second kappa shape index (κ2) is 14.9. The number of benzene rings is 1. The molecule has 26 heavy (non-hydrogen) atoms. The van der Waals surface area contributed by atoms with Crippen molar-refractivity contribution in [1.29, 1.82) is 0 Å². The van der Waals surface area contributed by atoms with E-state index in [1.807, 2.05) is 0 Å². The van der Waals surface area contributed by atoms with Crippen LogP contribution in [0.3, 0.4) is 0 Å². The molecule has 1 rings (SSSR count). The van der Waals surface area contributed by atoms with Crippen LogP contribution in [0, 0.1) is 0 Å². The van der Waals surface area contributed by atoms with E-state index in [2.05, 4.69) is 56.9 Å². The Morgan fingerprint density at radius 1 is 0.692 bits per heavy atom. The quantitative estimate of drug-likeness (QED) is 0.182. The van der Waals surface area contributed by atoms with E-state index >= 15 is 0 Å². The molecule has 0 radical (unpaired) electrons. The van der Waals surface area contributed by atoms with Crippen molar-refractivity contribution >= 4 is 27.5 Å². The first-order chi connectivity index (χ1) is 12.5. The van der Waals surface area contributed by atoms with Gasteiger partial charge in [0, 0.05) is 0 Å². The van der Waals surface area contributed by atoms with Gasteiger partial charge in [0.2, 0.25) is 0 Å². The summed E-state index contributed by atoms with van der Waals surface area (Å²) in [4.78, 5) is 0. The molecule has 0 fully saturated rings. The first kappa shape index (κ1) is 24.0. The van der Waals surface area contributed by atoms with Crippen molar-refractivity contribution in [2.45, 2.75) is 114 Å². The molecule has 0 N–H and O–H groups in total. The monoisotopic (exact) mass is 440 g/mol. The van der Waals surface area contributed by atoms with Gasteiger partial charge in [-0.15, -0.1) is 0 Å². The summed E-state index contributed by atoms with van der Waals surface area (Å²) in [6.45, 7) is 10.0. The van der Waals surface area contributed by atoms with Crippen LogP contribution in [0.1, 0.15) is 90.4 Å². The van der Waals surface area contributed by atoms with E-state index in [0.717, 1.165) is 4.44 Å². The molecule has 1 aromatic carbocycles. The Kier molecular flexibility index (Phi) is 13.8. The second-order valence-electron chi connectivity index (χ2n) is 8.96. The van der Waals surface area contributed by atoms with Crippen LogP contribution >= 0.6 is 0 Å². The Hall–Kier alpha value is -0.0436. The van der Waals surface area contributed by atoms with E-state index in [-0.39, 0.29) is 0 Å². The third-order valence-corrected chi connectivity index (χ3v) is 14.8. The van der Waals surface area contributed by atoms with E-state index in [1.54, 1.807) is 4.46 Å². The Morgan fingerprint density at radius 3 is 1.62 bits per heavy atom. The van der Waals surface area contributed by atoms with E-state index < -0.39 is 8.07 Å². The standard InChI is InChI=1S/C24H44SeSi/c1-5-6-7-8-9-10-11-12-13-14-15-19-22-24(26(2,3)4)25-23-20-17-16-18-21-23/h16-18,20-21,24H,5-15,19,22H2,1-4H3. The van der Waals surface area contributed by atoms with Crippen molar-refractivity contribution in [1.82, 2.24) is 0 Å². The molecule has 0 aliphatic rings. The zero-order valence-corrected chi connectivity index (χ0v) is 20.8. The van der Waals surface area contributed by atoms with E-state index in [0.29, 0.717) is 15.0 Å². The Labute approximate surface area is 172 Å². The number of rotatable bonds is 16. The Bertz CT molecular complexity index is 424. The van der Waals surface area contributed by atoms with Gasteiger partial charge in [0.1, 0.15) is 0 Å². The summed E-state index contributed by atoms with van der Waals surface area (Å²) < 4.78 is 2.60. The van der Waals surface area contributed by atoms with Crippen LogP contribution in [0.5, 0.6) is 0 Å². The molecule has 2 heteroatoms. The molecular weight excluding hydrogens is 395 g/mol. The fraction of sp³-hybridized carbons (Fsp3) is 0.750. The average molecular weight is 440 g/mol. The number of hydrogen-bond acceptors (Lipinski definition) is 0. The Balaban J connectivity index is 2.07. The Morgan fingerprint density at radius 2 is 1.15 bits per heavy atom. The molecule has 0 aliphatic heterocycles. The van der Waals surface area contributed by atoms with Gasteiger partial charge in [-0.25, -0.2) is 0 Å². The summed E-state index contributed by atoms with van der Waals surface area (Å²) in [6.07, 6.45) is 18.9. The molecule has 0 heterocycles. The molecule has 0 aliphatic carbocycles. The fourth-order valence-electron chi connectivity index (χ4n) is 3.50. The van der Waals surface area contributed by atoms with Crippen LogP contribution in [-0.4, -0.2) is 23.0 Å². The number of unbranched alkanes of at least 4 members (excludes halogenated alkanes) is 11. The zero-order valence-electron chi connectivity index (χ0n) is 18.1. The van der Waals surface area contributed by atoms with Crippen molar-refractivity contribution in [3.05, 3.63) is 30.3 Å². The average Bonchev–Trinajstić information content (AvgIpc) is 2.61. The fourth-order valence-corrected chi connectivity index (χ4v) is 9.80. The molecule has 0 bridgehead atoms. The van der Waals surface area contributed by atoms with Crippen LogP contribution in [0.4, 0.5) is 0 Å². The molecule has 150 valence electrons. The molecular formula is C24H44SeSi. The molecule has 0 spiro atoms. The molecule has 0 aromatic heterocycles. The molecule has 1 unspecified atom stereocenters. The van der Waals surface area contributed by atoms with Gasteiger partial charge >= 0.3 is 153 Å². The van der Waals surface area contributed by atoms with Crippen LogP contribution in [-0.2, 0) is 0 Å². The SMILES string of the molecule is CCCCCCCCCCCCCCC([Se]c1ccccc1)[Si](C)(C)C. The third kappa shape index (κ3) is 12.4. The van der Waals surface area contributed by atoms with Crippen LogP contribution in [0.25, 0.3) is 0 Å². The van der Waals surface area contributed by atoms with Gasteiger partial charge in [-0.1, -0.05) is 19.8 Å². The third-order valence-electron chi connectivity index (χ3n) is 5.31. The van der Waals surface area contributed by atoms with Gasteiger partial charge in [0.05, 0.1) is 0 Å². The van der Waals surface area contributed by atoms with Gasteiger partial charge < -0.3 is 0 Å². The van der Waals surface area contributed by atoms with Crippen LogP contribution < -0.4 is 4.46 Å². The molecule has 0 saturated carbocycles. The van der Waals surface area contributed by atoms with Gasteiger partial charge in [0.25, 0.3) is 0 Å². The molecule has 0 amide bonds. The first-order valence-electron chi connectivity index (χ1n) is 11.3. The van der Waals surface area contributed by atoms with E-state index in [9.17, 15) is 0 Å². The van der Waals surface area contributed by atoms with E-state index in [1.165, 1.54) is 83.5 Å². The van der Waals surface area contributed by atoms with Crippen LogP contribution in [0.15, 0.2) is 30.3 Å². The first-order valence-corrected chi connectivity index (χ1v) is 16.7. The van der Waals surface area contributed by atoms with E-state index in [4.69, 9.17) is 0 Å². The van der Waals surface area contributed by atoms with Gasteiger partial charge in [0.15, 0.2) is 0 Å². The van der Waals surface area contributed by atoms with Crippen molar-refractivity contribution < 1.29 is 0 Å². The topological polar surface area (TPSA) is 0 Å². The zero-order chi connectivity index (χ0) is 19.1. The van der Waals surface area contributed by atoms with Crippen LogP contribution in [0.2, 0.25) is 24.1 Å². The molecule has 1 atom stereocenters. The van der Waals surface area contributed by atoms with Crippen molar-refractivity contribution in [2.75, 3.05) is 0 Å². The predicted octanol–water partition coefficient (Wildman–Crippen LogP) is 7.77. The summed E-state index contributed by atoms with van der Waals surface area (Å²) in [6, 6.07) is 11.3. The van der Waals surface area contributed by atoms with Gasteiger partial charge in [-0.2, -0.15) is 0 Å². The van der Waals surface area contributed by atoms with Crippen molar-refractivity contribution in [3.8, 4) is 0 Å².